The summed E-state index contributed by atoms with van der Waals surface area (Å²) in [5.74, 6) is -0.369. The van der Waals surface area contributed by atoms with Gasteiger partial charge in [0, 0.05) is 43.9 Å². The lowest BCUT2D eigenvalue weighted by atomic mass is 10.2. The van der Waals surface area contributed by atoms with Gasteiger partial charge in [0.2, 0.25) is 0 Å². The van der Waals surface area contributed by atoms with Crippen molar-refractivity contribution in [1.82, 2.24) is 19.9 Å². The first kappa shape index (κ1) is 11.1. The maximum atomic E-state index is 11.6. The summed E-state index contributed by atoms with van der Waals surface area (Å²) in [6.07, 6.45) is 8.03. The summed E-state index contributed by atoms with van der Waals surface area (Å²) < 4.78 is 1.84. The Morgan fingerprint density at radius 2 is 2.41 bits per heavy atom. The number of nitrogens with one attached hydrogen (secondary N) is 2. The molecule has 0 atom stereocenters. The third-order valence-corrected chi connectivity index (χ3v) is 2.28. The lowest BCUT2D eigenvalue weighted by molar-refractivity contribution is 0.0951. The van der Waals surface area contributed by atoms with E-state index in [1.165, 1.54) is 18.5 Å². The third kappa shape index (κ3) is 2.81. The van der Waals surface area contributed by atoms with E-state index in [0.717, 1.165) is 0 Å². The Balaban J connectivity index is 1.90. The standard InChI is InChI=1S/C11H12N4O2/c16-10-1-2-12-7-9(10)11(17)14-4-6-15-5-3-13-8-15/h1-3,5,7-8H,4,6H2,(H,12,16)(H,14,17). The first-order chi connectivity index (χ1) is 8.27. The number of amides is 1. The largest absolute Gasteiger partial charge is 0.367 e. The summed E-state index contributed by atoms with van der Waals surface area (Å²) >= 11 is 0. The highest BCUT2D eigenvalue weighted by Crippen LogP contribution is 1.89. The predicted octanol–water partition coefficient (Wildman–Crippen LogP) is 0.00140. The van der Waals surface area contributed by atoms with Crippen LogP contribution in [-0.2, 0) is 6.54 Å². The number of H-pyrrole nitrogens is 1. The highest BCUT2D eigenvalue weighted by Gasteiger charge is 2.07. The average Bonchev–Trinajstić information content (AvgIpc) is 2.82. The van der Waals surface area contributed by atoms with Crippen LogP contribution >= 0.6 is 0 Å². The molecule has 0 aliphatic carbocycles. The van der Waals surface area contributed by atoms with Crippen molar-refractivity contribution in [3.05, 3.63) is 53.0 Å². The van der Waals surface area contributed by atoms with Gasteiger partial charge in [-0.05, 0) is 0 Å². The first-order valence-electron chi connectivity index (χ1n) is 5.18. The fourth-order valence-corrected chi connectivity index (χ4v) is 1.41. The zero-order valence-electron chi connectivity index (χ0n) is 9.09. The minimum atomic E-state index is -0.369. The molecule has 2 N–H and O–H groups in total. The highest BCUT2D eigenvalue weighted by molar-refractivity contribution is 5.93. The zero-order chi connectivity index (χ0) is 12.1. The van der Waals surface area contributed by atoms with E-state index in [1.54, 1.807) is 12.5 Å². The van der Waals surface area contributed by atoms with Crippen LogP contribution in [0.1, 0.15) is 10.4 Å². The lowest BCUT2D eigenvalue weighted by Gasteiger charge is -2.04. The second-order valence-corrected chi connectivity index (χ2v) is 3.48. The van der Waals surface area contributed by atoms with Gasteiger partial charge in [0.25, 0.3) is 5.91 Å². The second-order valence-electron chi connectivity index (χ2n) is 3.48. The van der Waals surface area contributed by atoms with E-state index in [2.05, 4.69) is 15.3 Å². The molecule has 2 aromatic rings. The van der Waals surface area contributed by atoms with Crippen molar-refractivity contribution in [2.24, 2.45) is 0 Å². The summed E-state index contributed by atoms with van der Waals surface area (Å²) in [5.41, 5.74) is -0.165. The Kier molecular flexibility index (Phi) is 3.34. The van der Waals surface area contributed by atoms with Crippen molar-refractivity contribution in [3.8, 4) is 0 Å². The van der Waals surface area contributed by atoms with E-state index in [4.69, 9.17) is 0 Å². The second kappa shape index (κ2) is 5.11. The molecule has 2 aromatic heterocycles. The van der Waals surface area contributed by atoms with Gasteiger partial charge < -0.3 is 14.9 Å². The molecule has 0 bridgehead atoms. The molecule has 0 aliphatic heterocycles. The van der Waals surface area contributed by atoms with E-state index in [1.807, 2.05) is 10.8 Å². The van der Waals surface area contributed by atoms with Gasteiger partial charge in [-0.1, -0.05) is 0 Å². The lowest BCUT2D eigenvalue weighted by Crippen LogP contribution is -2.30. The molecular weight excluding hydrogens is 220 g/mol. The first-order valence-corrected chi connectivity index (χ1v) is 5.18. The minimum absolute atomic E-state index is 0.123. The van der Waals surface area contributed by atoms with E-state index < -0.39 is 0 Å². The topological polar surface area (TPSA) is 79.8 Å². The molecule has 0 radical (unpaired) electrons. The molecule has 6 nitrogen and oxygen atoms in total. The fourth-order valence-electron chi connectivity index (χ4n) is 1.41. The number of nitrogens with zero attached hydrogens (tertiary/aromatic N) is 2. The van der Waals surface area contributed by atoms with E-state index in [9.17, 15) is 9.59 Å². The molecule has 88 valence electrons. The molecule has 6 heteroatoms. The maximum Gasteiger partial charge on any atom is 0.256 e. The van der Waals surface area contributed by atoms with Crippen molar-refractivity contribution in [3.63, 3.8) is 0 Å². The molecule has 2 rings (SSSR count). The van der Waals surface area contributed by atoms with Gasteiger partial charge in [0.1, 0.15) is 5.56 Å². The summed E-state index contributed by atoms with van der Waals surface area (Å²) in [4.78, 5) is 29.6. The Bertz CT molecular complexity index is 545. The van der Waals surface area contributed by atoms with Crippen molar-refractivity contribution < 1.29 is 4.79 Å². The van der Waals surface area contributed by atoms with Gasteiger partial charge in [-0.25, -0.2) is 4.98 Å². The van der Waals surface area contributed by atoms with Gasteiger partial charge in [-0.15, -0.1) is 0 Å². The number of carbonyl (C=O) groups is 1. The number of carbonyl (C=O) groups excluding carboxylic acids is 1. The molecule has 0 aliphatic rings. The van der Waals surface area contributed by atoms with E-state index >= 15 is 0 Å². The summed E-state index contributed by atoms with van der Waals surface area (Å²) in [5, 5.41) is 2.67. The number of imidazole rings is 1. The minimum Gasteiger partial charge on any atom is -0.367 e. The predicted molar refractivity (Wildman–Crippen MR) is 61.6 cm³/mol. The quantitative estimate of drug-likeness (QED) is 0.778. The molecule has 0 saturated heterocycles. The van der Waals surface area contributed by atoms with Crippen molar-refractivity contribution in [1.29, 1.82) is 0 Å². The number of hydrogen-bond acceptors (Lipinski definition) is 3. The maximum absolute atomic E-state index is 11.6. The molecule has 0 unspecified atom stereocenters. The zero-order valence-corrected chi connectivity index (χ0v) is 9.09. The molecular formula is C11H12N4O2. The Morgan fingerprint density at radius 3 is 3.12 bits per heavy atom. The molecule has 17 heavy (non-hydrogen) atoms. The Morgan fingerprint density at radius 1 is 1.53 bits per heavy atom. The van der Waals surface area contributed by atoms with Crippen LogP contribution in [0, 0.1) is 0 Å². The van der Waals surface area contributed by atoms with Gasteiger partial charge in [0.05, 0.1) is 6.33 Å². The van der Waals surface area contributed by atoms with Crippen LogP contribution in [-0.4, -0.2) is 27.0 Å². The summed E-state index contributed by atoms with van der Waals surface area (Å²) in [6, 6.07) is 1.32. The van der Waals surface area contributed by atoms with Crippen LogP contribution in [0.25, 0.3) is 0 Å². The van der Waals surface area contributed by atoms with Crippen LogP contribution in [0.4, 0.5) is 0 Å². The molecule has 0 fully saturated rings. The third-order valence-electron chi connectivity index (χ3n) is 2.28. The van der Waals surface area contributed by atoms with Gasteiger partial charge in [-0.3, -0.25) is 9.59 Å². The molecule has 0 saturated carbocycles. The number of aromatic amines is 1. The van der Waals surface area contributed by atoms with Gasteiger partial charge in [-0.2, -0.15) is 0 Å². The van der Waals surface area contributed by atoms with Crippen molar-refractivity contribution in [2.45, 2.75) is 6.54 Å². The Labute approximate surface area is 97.3 Å². The van der Waals surface area contributed by atoms with Crippen molar-refractivity contribution >= 4 is 5.91 Å². The molecule has 0 aromatic carbocycles. The van der Waals surface area contributed by atoms with Crippen LogP contribution in [0.15, 0.2) is 42.0 Å². The molecule has 0 spiro atoms. The van der Waals surface area contributed by atoms with Gasteiger partial charge >= 0.3 is 0 Å². The normalized spacial score (nSPS) is 10.1. The fraction of sp³-hybridized carbons (Fsp3) is 0.182. The van der Waals surface area contributed by atoms with E-state index in [-0.39, 0.29) is 16.9 Å². The summed E-state index contributed by atoms with van der Waals surface area (Å²) in [7, 11) is 0. The van der Waals surface area contributed by atoms with E-state index in [0.29, 0.717) is 13.1 Å². The number of rotatable bonds is 4. The number of aromatic nitrogens is 3. The monoisotopic (exact) mass is 232 g/mol. The van der Waals surface area contributed by atoms with Crippen LogP contribution in [0.5, 0.6) is 0 Å². The molecule has 1 amide bonds. The van der Waals surface area contributed by atoms with Gasteiger partial charge in [0.15, 0.2) is 5.43 Å². The van der Waals surface area contributed by atoms with Crippen LogP contribution in [0.2, 0.25) is 0 Å². The average molecular weight is 232 g/mol. The number of pyridine rings is 1. The van der Waals surface area contributed by atoms with Crippen molar-refractivity contribution in [2.75, 3.05) is 6.54 Å². The highest BCUT2D eigenvalue weighted by atomic mass is 16.2. The smallest absolute Gasteiger partial charge is 0.256 e. The number of hydrogen-bond donors (Lipinski definition) is 2. The summed E-state index contributed by atoms with van der Waals surface area (Å²) in [6.45, 7) is 1.07. The van der Waals surface area contributed by atoms with Crippen LogP contribution < -0.4 is 10.7 Å². The molecule has 2 heterocycles. The Hall–Kier alpha value is -2.37. The van der Waals surface area contributed by atoms with Crippen LogP contribution in [0.3, 0.4) is 0 Å². The SMILES string of the molecule is O=C(NCCn1ccnc1)c1c[nH]ccc1=O.